The van der Waals surface area contributed by atoms with Crippen molar-refractivity contribution in [3.8, 4) is 6.07 Å². The standard InChI is InChI=1S/C20H19N3O3/c1-14(15-8-4-3-5-9-15)22-13-16(12-21)19(24)23-18-11-7-6-10-17(18)20(25)26-2/h3-11,13-14,22H,1-2H3,(H,23,24)/b16-13-. The number of nitrogens with zero attached hydrogens (tertiary/aromatic N) is 1. The number of rotatable bonds is 6. The monoisotopic (exact) mass is 349 g/mol. The van der Waals surface area contributed by atoms with Gasteiger partial charge in [0.1, 0.15) is 11.6 Å². The summed E-state index contributed by atoms with van der Waals surface area (Å²) in [5.74, 6) is -1.18. The van der Waals surface area contributed by atoms with Crippen molar-refractivity contribution in [3.63, 3.8) is 0 Å². The number of ether oxygens (including phenoxy) is 1. The summed E-state index contributed by atoms with van der Waals surface area (Å²) < 4.78 is 4.69. The number of hydrogen-bond donors (Lipinski definition) is 2. The summed E-state index contributed by atoms with van der Waals surface area (Å²) in [6.07, 6.45) is 1.37. The van der Waals surface area contributed by atoms with E-state index in [1.165, 1.54) is 19.4 Å². The van der Waals surface area contributed by atoms with Gasteiger partial charge in [-0.25, -0.2) is 4.79 Å². The fourth-order valence-corrected chi connectivity index (χ4v) is 2.26. The number of para-hydroxylation sites is 1. The molecule has 0 saturated carbocycles. The van der Waals surface area contributed by atoms with Crippen molar-refractivity contribution in [2.24, 2.45) is 0 Å². The normalized spacial score (nSPS) is 11.8. The van der Waals surface area contributed by atoms with Crippen molar-refractivity contribution in [3.05, 3.63) is 77.5 Å². The first kappa shape index (κ1) is 18.7. The third kappa shape index (κ3) is 4.71. The van der Waals surface area contributed by atoms with Gasteiger partial charge in [-0.1, -0.05) is 42.5 Å². The molecule has 2 rings (SSSR count). The zero-order chi connectivity index (χ0) is 18.9. The van der Waals surface area contributed by atoms with E-state index in [2.05, 4.69) is 10.6 Å². The van der Waals surface area contributed by atoms with Gasteiger partial charge in [0.2, 0.25) is 0 Å². The Hall–Kier alpha value is -3.59. The number of nitrogens with one attached hydrogen (secondary N) is 2. The van der Waals surface area contributed by atoms with E-state index in [0.717, 1.165) is 5.56 Å². The Balaban J connectivity index is 2.12. The van der Waals surface area contributed by atoms with Crippen LogP contribution in [0, 0.1) is 11.3 Å². The zero-order valence-corrected chi connectivity index (χ0v) is 14.5. The number of esters is 1. The molecule has 6 heteroatoms. The summed E-state index contributed by atoms with van der Waals surface area (Å²) >= 11 is 0. The second kappa shape index (κ2) is 9.04. The van der Waals surface area contributed by atoms with E-state index in [1.807, 2.05) is 43.3 Å². The largest absolute Gasteiger partial charge is 0.465 e. The van der Waals surface area contributed by atoms with Crippen molar-refractivity contribution >= 4 is 17.6 Å². The van der Waals surface area contributed by atoms with Crippen molar-refractivity contribution in [1.29, 1.82) is 5.26 Å². The molecule has 0 aromatic heterocycles. The van der Waals surface area contributed by atoms with Gasteiger partial charge < -0.3 is 15.4 Å². The third-order valence-corrected chi connectivity index (χ3v) is 3.72. The van der Waals surface area contributed by atoms with Crippen molar-refractivity contribution < 1.29 is 14.3 Å². The summed E-state index contributed by atoms with van der Waals surface area (Å²) in [5, 5.41) is 14.9. The van der Waals surface area contributed by atoms with Crippen LogP contribution in [0.25, 0.3) is 0 Å². The lowest BCUT2D eigenvalue weighted by Gasteiger charge is -2.13. The summed E-state index contributed by atoms with van der Waals surface area (Å²) in [6, 6.07) is 17.9. The third-order valence-electron chi connectivity index (χ3n) is 3.72. The Labute approximate surface area is 152 Å². The molecule has 0 bridgehead atoms. The Morgan fingerprint density at radius 1 is 1.12 bits per heavy atom. The molecule has 0 saturated heterocycles. The number of hydrogen-bond acceptors (Lipinski definition) is 5. The van der Waals surface area contributed by atoms with Crippen LogP contribution in [0.4, 0.5) is 5.69 Å². The zero-order valence-electron chi connectivity index (χ0n) is 14.5. The van der Waals surface area contributed by atoms with Crippen LogP contribution in [0.15, 0.2) is 66.4 Å². The molecule has 26 heavy (non-hydrogen) atoms. The predicted molar refractivity (Wildman–Crippen MR) is 98.1 cm³/mol. The average molecular weight is 349 g/mol. The highest BCUT2D eigenvalue weighted by atomic mass is 16.5. The van der Waals surface area contributed by atoms with Gasteiger partial charge in [0.25, 0.3) is 5.91 Å². The van der Waals surface area contributed by atoms with Crippen LogP contribution in [0.2, 0.25) is 0 Å². The minimum atomic E-state index is -0.614. The van der Waals surface area contributed by atoms with Crippen molar-refractivity contribution in [1.82, 2.24) is 5.32 Å². The van der Waals surface area contributed by atoms with Gasteiger partial charge >= 0.3 is 5.97 Å². The van der Waals surface area contributed by atoms with E-state index in [4.69, 9.17) is 4.74 Å². The number of benzene rings is 2. The van der Waals surface area contributed by atoms with E-state index in [9.17, 15) is 14.9 Å². The molecule has 0 heterocycles. The van der Waals surface area contributed by atoms with E-state index in [1.54, 1.807) is 18.2 Å². The highest BCUT2D eigenvalue weighted by Gasteiger charge is 2.16. The van der Waals surface area contributed by atoms with Crippen LogP contribution in [0.5, 0.6) is 0 Å². The SMILES string of the molecule is COC(=O)c1ccccc1NC(=O)/C(C#N)=C\NC(C)c1ccccc1. The molecule has 6 nitrogen and oxygen atoms in total. The molecule has 0 aliphatic rings. The minimum absolute atomic E-state index is 0.0743. The average Bonchev–Trinajstić information content (AvgIpc) is 2.68. The maximum atomic E-state index is 12.4. The van der Waals surface area contributed by atoms with Gasteiger partial charge in [0.15, 0.2) is 0 Å². The molecule has 2 aromatic rings. The predicted octanol–water partition coefficient (Wildman–Crippen LogP) is 3.17. The number of methoxy groups -OCH3 is 1. The lowest BCUT2D eigenvalue weighted by atomic mass is 10.1. The lowest BCUT2D eigenvalue weighted by molar-refractivity contribution is -0.112. The Morgan fingerprint density at radius 3 is 2.42 bits per heavy atom. The minimum Gasteiger partial charge on any atom is -0.465 e. The number of nitriles is 1. The number of carbonyl (C=O) groups excluding carboxylic acids is 2. The molecule has 0 aliphatic heterocycles. The van der Waals surface area contributed by atoms with Gasteiger partial charge in [-0.3, -0.25) is 4.79 Å². The van der Waals surface area contributed by atoms with Gasteiger partial charge in [-0.15, -0.1) is 0 Å². The van der Waals surface area contributed by atoms with E-state index >= 15 is 0 Å². The summed E-state index contributed by atoms with van der Waals surface area (Å²) in [6.45, 7) is 1.92. The highest BCUT2D eigenvalue weighted by Crippen LogP contribution is 2.17. The highest BCUT2D eigenvalue weighted by molar-refractivity contribution is 6.09. The quantitative estimate of drug-likeness (QED) is 0.475. The topological polar surface area (TPSA) is 91.2 Å². The molecule has 0 fully saturated rings. The molecule has 0 spiro atoms. The fraction of sp³-hybridized carbons (Fsp3) is 0.150. The molecule has 2 aromatic carbocycles. The van der Waals surface area contributed by atoms with Crippen LogP contribution in [0.3, 0.4) is 0 Å². The first-order chi connectivity index (χ1) is 12.6. The lowest BCUT2D eigenvalue weighted by Crippen LogP contribution is -2.20. The van der Waals surface area contributed by atoms with Gasteiger partial charge in [0.05, 0.1) is 18.4 Å². The van der Waals surface area contributed by atoms with E-state index in [-0.39, 0.29) is 22.9 Å². The van der Waals surface area contributed by atoms with Crippen LogP contribution < -0.4 is 10.6 Å². The molecule has 1 atom stereocenters. The Morgan fingerprint density at radius 2 is 1.77 bits per heavy atom. The van der Waals surface area contributed by atoms with E-state index < -0.39 is 11.9 Å². The molecule has 1 unspecified atom stereocenters. The smallest absolute Gasteiger partial charge is 0.339 e. The van der Waals surface area contributed by atoms with Crippen molar-refractivity contribution in [2.45, 2.75) is 13.0 Å². The molecular weight excluding hydrogens is 330 g/mol. The van der Waals surface area contributed by atoms with Gasteiger partial charge in [-0.2, -0.15) is 5.26 Å². The van der Waals surface area contributed by atoms with E-state index in [0.29, 0.717) is 0 Å². The summed E-state index contributed by atoms with van der Waals surface area (Å²) in [7, 11) is 1.26. The van der Waals surface area contributed by atoms with Crippen LogP contribution in [-0.4, -0.2) is 19.0 Å². The molecular formula is C20H19N3O3. The Kier molecular flexibility index (Phi) is 6.52. The molecule has 2 N–H and O–H groups in total. The second-order valence-corrected chi connectivity index (χ2v) is 5.46. The molecule has 132 valence electrons. The number of amides is 1. The maximum absolute atomic E-state index is 12.4. The molecule has 0 aliphatic carbocycles. The molecule has 1 amide bonds. The van der Waals surface area contributed by atoms with Crippen molar-refractivity contribution in [2.75, 3.05) is 12.4 Å². The van der Waals surface area contributed by atoms with Gasteiger partial charge in [0, 0.05) is 12.2 Å². The molecule has 0 radical (unpaired) electrons. The van der Waals surface area contributed by atoms with Crippen LogP contribution >= 0.6 is 0 Å². The first-order valence-electron chi connectivity index (χ1n) is 7.96. The number of carbonyl (C=O) groups is 2. The second-order valence-electron chi connectivity index (χ2n) is 5.46. The van der Waals surface area contributed by atoms with Crippen LogP contribution in [0.1, 0.15) is 28.9 Å². The Bertz CT molecular complexity index is 854. The summed E-state index contributed by atoms with van der Waals surface area (Å²) in [4.78, 5) is 24.1. The summed E-state index contributed by atoms with van der Waals surface area (Å²) in [5.41, 5.74) is 1.41. The maximum Gasteiger partial charge on any atom is 0.339 e. The van der Waals surface area contributed by atoms with Gasteiger partial charge in [-0.05, 0) is 24.6 Å². The fourth-order valence-electron chi connectivity index (χ4n) is 2.26. The first-order valence-corrected chi connectivity index (χ1v) is 7.96. The number of anilines is 1. The van der Waals surface area contributed by atoms with Crippen LogP contribution in [-0.2, 0) is 9.53 Å².